The molecule has 78 valence electrons. The van der Waals surface area contributed by atoms with Crippen LogP contribution >= 0.6 is 0 Å². The van der Waals surface area contributed by atoms with Crippen molar-refractivity contribution in [3.63, 3.8) is 0 Å². The molecule has 3 nitrogen and oxygen atoms in total. The van der Waals surface area contributed by atoms with Gasteiger partial charge in [0.2, 0.25) is 0 Å². The van der Waals surface area contributed by atoms with Crippen LogP contribution in [-0.4, -0.2) is 50.0 Å². The van der Waals surface area contributed by atoms with Crippen molar-refractivity contribution in [3.05, 3.63) is 0 Å². The number of halogens is 3. The number of likely N-dealkylation sites (tertiary alicyclic amines) is 1. The predicted octanol–water partition coefficient (Wildman–Crippen LogP) is 0.208. The van der Waals surface area contributed by atoms with E-state index in [4.69, 9.17) is 5.73 Å². The molecule has 1 heterocycles. The molecule has 0 unspecified atom stereocenters. The Labute approximate surface area is 74.6 Å². The van der Waals surface area contributed by atoms with Crippen molar-refractivity contribution in [2.24, 2.45) is 5.73 Å². The fraction of sp³-hybridized carbons (Fsp3) is 1.00. The van der Waals surface area contributed by atoms with Gasteiger partial charge in [0.05, 0.1) is 6.61 Å². The molecule has 0 amide bonds. The molecule has 0 atom stereocenters. The first-order valence-electron chi connectivity index (χ1n) is 4.10. The smallest absolute Gasteiger partial charge is 0.371 e. The first kappa shape index (κ1) is 10.7. The van der Waals surface area contributed by atoms with E-state index in [-0.39, 0.29) is 12.6 Å². The number of hydrogen-bond acceptors (Lipinski definition) is 3. The van der Waals surface area contributed by atoms with Gasteiger partial charge in [0.1, 0.15) is 6.61 Å². The van der Waals surface area contributed by atoms with Crippen molar-refractivity contribution in [1.29, 1.82) is 0 Å². The zero-order valence-electron chi connectivity index (χ0n) is 7.18. The van der Waals surface area contributed by atoms with E-state index in [2.05, 4.69) is 4.74 Å². The van der Waals surface area contributed by atoms with Crippen LogP contribution in [0.15, 0.2) is 0 Å². The van der Waals surface area contributed by atoms with Gasteiger partial charge >= 0.3 is 6.18 Å². The van der Waals surface area contributed by atoms with Gasteiger partial charge in [0.25, 0.3) is 0 Å². The van der Waals surface area contributed by atoms with Crippen LogP contribution in [0.3, 0.4) is 0 Å². The van der Waals surface area contributed by atoms with Crippen molar-refractivity contribution in [3.8, 4) is 0 Å². The Morgan fingerprint density at radius 1 is 1.38 bits per heavy atom. The molecule has 1 saturated heterocycles. The lowest BCUT2D eigenvalue weighted by atomic mass is 10.1. The molecule has 13 heavy (non-hydrogen) atoms. The van der Waals surface area contributed by atoms with Crippen molar-refractivity contribution in [2.45, 2.75) is 12.2 Å². The minimum Gasteiger partial charge on any atom is -0.371 e. The van der Waals surface area contributed by atoms with E-state index in [1.54, 1.807) is 0 Å². The number of ether oxygens (including phenoxy) is 1. The van der Waals surface area contributed by atoms with Gasteiger partial charge in [-0.3, -0.25) is 4.90 Å². The van der Waals surface area contributed by atoms with Gasteiger partial charge in [0, 0.05) is 25.7 Å². The molecule has 6 heteroatoms. The highest BCUT2D eigenvalue weighted by atomic mass is 19.4. The first-order valence-corrected chi connectivity index (χ1v) is 4.10. The Hall–Kier alpha value is -0.330. The highest BCUT2D eigenvalue weighted by molar-refractivity contribution is 4.81. The standard InChI is InChI=1S/C7H13F3N2O/c8-7(9,10)5-13-2-1-12-3-6(11)4-12/h6H,1-5,11H2. The van der Waals surface area contributed by atoms with Gasteiger partial charge in [-0.15, -0.1) is 0 Å². The summed E-state index contributed by atoms with van der Waals surface area (Å²) in [5, 5.41) is 0. The van der Waals surface area contributed by atoms with E-state index in [1.165, 1.54) is 0 Å². The van der Waals surface area contributed by atoms with Crippen LogP contribution in [0, 0.1) is 0 Å². The zero-order valence-corrected chi connectivity index (χ0v) is 7.18. The van der Waals surface area contributed by atoms with Crippen molar-refractivity contribution in [2.75, 3.05) is 32.8 Å². The van der Waals surface area contributed by atoms with Gasteiger partial charge in [-0.05, 0) is 0 Å². The summed E-state index contributed by atoms with van der Waals surface area (Å²) in [5.41, 5.74) is 5.48. The molecule has 0 saturated carbocycles. The zero-order chi connectivity index (χ0) is 9.90. The third-order valence-corrected chi connectivity index (χ3v) is 1.80. The Balaban J connectivity index is 1.90. The van der Waals surface area contributed by atoms with Gasteiger partial charge in [-0.2, -0.15) is 13.2 Å². The van der Waals surface area contributed by atoms with E-state index >= 15 is 0 Å². The van der Waals surface area contributed by atoms with Crippen molar-refractivity contribution >= 4 is 0 Å². The molecule has 0 aromatic carbocycles. The quantitative estimate of drug-likeness (QED) is 0.656. The summed E-state index contributed by atoms with van der Waals surface area (Å²) >= 11 is 0. The molecule has 2 N–H and O–H groups in total. The largest absolute Gasteiger partial charge is 0.411 e. The van der Waals surface area contributed by atoms with E-state index in [0.29, 0.717) is 6.54 Å². The summed E-state index contributed by atoms with van der Waals surface area (Å²) in [6.07, 6.45) is -4.22. The summed E-state index contributed by atoms with van der Waals surface area (Å²) in [4.78, 5) is 1.96. The van der Waals surface area contributed by atoms with Crippen LogP contribution in [0.4, 0.5) is 13.2 Å². The number of nitrogens with two attached hydrogens (primary N) is 1. The third kappa shape index (κ3) is 4.44. The summed E-state index contributed by atoms with van der Waals surface area (Å²) < 4.78 is 39.2. The molecule has 0 aromatic heterocycles. The van der Waals surface area contributed by atoms with Gasteiger partial charge in [0.15, 0.2) is 0 Å². The topological polar surface area (TPSA) is 38.5 Å². The second-order valence-electron chi connectivity index (χ2n) is 3.19. The third-order valence-electron chi connectivity index (χ3n) is 1.80. The molecule has 0 radical (unpaired) electrons. The second-order valence-corrected chi connectivity index (χ2v) is 3.19. The average Bonchev–Trinajstić information content (AvgIpc) is 1.91. The summed E-state index contributed by atoms with van der Waals surface area (Å²) in [6.45, 7) is 1.01. The van der Waals surface area contributed by atoms with E-state index in [0.717, 1.165) is 13.1 Å². The molecule has 1 fully saturated rings. The number of hydrogen-bond donors (Lipinski definition) is 1. The van der Waals surface area contributed by atoms with E-state index in [1.807, 2.05) is 4.90 Å². The lowest BCUT2D eigenvalue weighted by Gasteiger charge is -2.36. The van der Waals surface area contributed by atoms with E-state index in [9.17, 15) is 13.2 Å². The molecule has 0 bridgehead atoms. The molecule has 0 aliphatic carbocycles. The fourth-order valence-electron chi connectivity index (χ4n) is 1.17. The lowest BCUT2D eigenvalue weighted by Crippen LogP contribution is -2.56. The number of alkyl halides is 3. The molecule has 1 aliphatic rings. The van der Waals surface area contributed by atoms with E-state index < -0.39 is 12.8 Å². The van der Waals surface area contributed by atoms with Crippen molar-refractivity contribution in [1.82, 2.24) is 4.90 Å². The summed E-state index contributed by atoms with van der Waals surface area (Å²) in [6, 6.07) is 0.183. The second kappa shape index (κ2) is 4.26. The maximum absolute atomic E-state index is 11.6. The highest BCUT2D eigenvalue weighted by Crippen LogP contribution is 2.14. The highest BCUT2D eigenvalue weighted by Gasteiger charge is 2.28. The molecule has 1 aliphatic heterocycles. The monoisotopic (exact) mass is 198 g/mol. The molecular weight excluding hydrogens is 185 g/mol. The van der Waals surface area contributed by atoms with Gasteiger partial charge in [-0.25, -0.2) is 0 Å². The maximum Gasteiger partial charge on any atom is 0.411 e. The van der Waals surface area contributed by atoms with Gasteiger partial charge < -0.3 is 10.5 Å². The maximum atomic E-state index is 11.6. The Morgan fingerprint density at radius 3 is 2.46 bits per heavy atom. The number of nitrogens with zero attached hydrogens (tertiary/aromatic N) is 1. The minimum absolute atomic E-state index is 0.117. The number of rotatable bonds is 4. The predicted molar refractivity (Wildman–Crippen MR) is 41.3 cm³/mol. The molecule has 0 spiro atoms. The SMILES string of the molecule is NC1CN(CCOCC(F)(F)F)C1. The van der Waals surface area contributed by atoms with Crippen LogP contribution < -0.4 is 5.73 Å². The van der Waals surface area contributed by atoms with Crippen LogP contribution in [0.25, 0.3) is 0 Å². The Kier molecular flexibility index (Phi) is 3.52. The Morgan fingerprint density at radius 2 is 2.00 bits per heavy atom. The fourth-order valence-corrected chi connectivity index (χ4v) is 1.17. The molecule has 0 aromatic rings. The minimum atomic E-state index is -4.22. The van der Waals surface area contributed by atoms with Crippen molar-refractivity contribution < 1.29 is 17.9 Å². The molecule has 1 rings (SSSR count). The van der Waals surface area contributed by atoms with Crippen LogP contribution in [-0.2, 0) is 4.74 Å². The van der Waals surface area contributed by atoms with Gasteiger partial charge in [-0.1, -0.05) is 0 Å². The van der Waals surface area contributed by atoms with Crippen LogP contribution in [0.2, 0.25) is 0 Å². The van der Waals surface area contributed by atoms with Crippen LogP contribution in [0.5, 0.6) is 0 Å². The normalized spacial score (nSPS) is 20.3. The lowest BCUT2D eigenvalue weighted by molar-refractivity contribution is -0.175. The molecular formula is C7H13F3N2O. The van der Waals surface area contributed by atoms with Crippen LogP contribution in [0.1, 0.15) is 0 Å². The summed E-state index contributed by atoms with van der Waals surface area (Å²) in [5.74, 6) is 0. The average molecular weight is 198 g/mol. The first-order chi connectivity index (χ1) is 5.97. The summed E-state index contributed by atoms with van der Waals surface area (Å²) in [7, 11) is 0. The Bertz CT molecular complexity index is 156.